The van der Waals surface area contributed by atoms with Gasteiger partial charge in [0.15, 0.2) is 5.69 Å². The molecule has 0 aliphatic carbocycles. The second-order valence-corrected chi connectivity index (χ2v) is 3.57. The lowest BCUT2D eigenvalue weighted by atomic mass is 10.1. The van der Waals surface area contributed by atoms with E-state index in [1.165, 1.54) is 6.20 Å². The molecule has 1 heterocycles. The molecule has 1 aromatic heterocycles. The highest BCUT2D eigenvalue weighted by Crippen LogP contribution is 2.22. The van der Waals surface area contributed by atoms with E-state index in [-0.39, 0.29) is 5.15 Å². The molecule has 0 aliphatic heterocycles. The standard InChI is InChI=1S/C11H9ClN2O/c1-8-7-14(15)11(12)10(13-8)9-5-3-2-4-6-9/h2-7H,1H3. The molecule has 0 unspecified atom stereocenters. The van der Waals surface area contributed by atoms with Gasteiger partial charge in [-0.05, 0) is 18.5 Å². The molecule has 3 nitrogen and oxygen atoms in total. The van der Waals surface area contributed by atoms with Crippen molar-refractivity contribution in [1.82, 2.24) is 4.98 Å². The van der Waals surface area contributed by atoms with E-state index in [9.17, 15) is 5.21 Å². The van der Waals surface area contributed by atoms with Crippen LogP contribution in [0.2, 0.25) is 5.15 Å². The summed E-state index contributed by atoms with van der Waals surface area (Å²) < 4.78 is 0.631. The van der Waals surface area contributed by atoms with Crippen LogP contribution in [-0.2, 0) is 0 Å². The largest absolute Gasteiger partial charge is 0.618 e. The van der Waals surface area contributed by atoms with Crippen LogP contribution in [0.15, 0.2) is 36.5 Å². The Morgan fingerprint density at radius 3 is 2.60 bits per heavy atom. The van der Waals surface area contributed by atoms with E-state index in [4.69, 9.17) is 11.6 Å². The van der Waals surface area contributed by atoms with Crippen molar-refractivity contribution in [2.45, 2.75) is 6.92 Å². The maximum atomic E-state index is 11.4. The van der Waals surface area contributed by atoms with Crippen molar-refractivity contribution < 1.29 is 4.73 Å². The molecule has 0 atom stereocenters. The minimum absolute atomic E-state index is 0.104. The number of hydrogen-bond donors (Lipinski definition) is 0. The lowest BCUT2D eigenvalue weighted by molar-refractivity contribution is -0.603. The van der Waals surface area contributed by atoms with Crippen LogP contribution < -0.4 is 4.73 Å². The first-order valence-electron chi connectivity index (χ1n) is 4.50. The van der Waals surface area contributed by atoms with Gasteiger partial charge in [-0.25, -0.2) is 4.98 Å². The Morgan fingerprint density at radius 2 is 1.93 bits per heavy atom. The molecule has 0 N–H and O–H groups in total. The molecule has 15 heavy (non-hydrogen) atoms. The summed E-state index contributed by atoms with van der Waals surface area (Å²) in [7, 11) is 0. The average Bonchev–Trinajstić information content (AvgIpc) is 2.24. The zero-order valence-electron chi connectivity index (χ0n) is 8.14. The van der Waals surface area contributed by atoms with E-state index in [1.54, 1.807) is 6.92 Å². The Balaban J connectivity index is 2.63. The summed E-state index contributed by atoms with van der Waals surface area (Å²) >= 11 is 5.89. The van der Waals surface area contributed by atoms with Gasteiger partial charge >= 0.3 is 5.15 Å². The number of rotatable bonds is 1. The molecule has 2 aromatic rings. The number of benzene rings is 1. The minimum atomic E-state index is 0.104. The molecule has 0 fully saturated rings. The van der Waals surface area contributed by atoms with Gasteiger partial charge in [0.25, 0.3) is 0 Å². The first kappa shape index (κ1) is 9.93. The van der Waals surface area contributed by atoms with Crippen LogP contribution in [0.3, 0.4) is 0 Å². The number of nitrogens with zero attached hydrogens (tertiary/aromatic N) is 2. The topological polar surface area (TPSA) is 39.8 Å². The van der Waals surface area contributed by atoms with Crippen LogP contribution in [-0.4, -0.2) is 4.98 Å². The Kier molecular flexibility index (Phi) is 2.56. The molecule has 0 bridgehead atoms. The van der Waals surface area contributed by atoms with Gasteiger partial charge < -0.3 is 5.21 Å². The van der Waals surface area contributed by atoms with Gasteiger partial charge in [0.2, 0.25) is 6.20 Å². The second kappa shape index (κ2) is 3.87. The molecule has 0 aliphatic rings. The molecule has 0 saturated heterocycles. The molecule has 76 valence electrons. The molecular weight excluding hydrogens is 212 g/mol. The molecule has 2 rings (SSSR count). The summed E-state index contributed by atoms with van der Waals surface area (Å²) in [5.41, 5.74) is 2.01. The van der Waals surface area contributed by atoms with Crippen LogP contribution in [0.25, 0.3) is 11.3 Å². The van der Waals surface area contributed by atoms with Crippen molar-refractivity contribution >= 4 is 11.6 Å². The number of hydrogen-bond acceptors (Lipinski definition) is 2. The maximum Gasteiger partial charge on any atom is 0.312 e. The monoisotopic (exact) mass is 220 g/mol. The van der Waals surface area contributed by atoms with E-state index in [0.29, 0.717) is 16.1 Å². The molecule has 0 radical (unpaired) electrons. The Labute approximate surface area is 92.6 Å². The summed E-state index contributed by atoms with van der Waals surface area (Å²) in [6.45, 7) is 1.76. The van der Waals surface area contributed by atoms with Gasteiger partial charge in [-0.1, -0.05) is 30.3 Å². The Morgan fingerprint density at radius 1 is 1.27 bits per heavy atom. The first-order chi connectivity index (χ1) is 7.18. The molecule has 0 spiro atoms. The van der Waals surface area contributed by atoms with Gasteiger partial charge in [0, 0.05) is 5.56 Å². The zero-order chi connectivity index (χ0) is 10.8. The zero-order valence-corrected chi connectivity index (χ0v) is 8.90. The van der Waals surface area contributed by atoms with Crippen LogP contribution in [0, 0.1) is 12.1 Å². The molecule has 4 heteroatoms. The smallest absolute Gasteiger partial charge is 0.312 e. The number of halogens is 1. The van der Waals surface area contributed by atoms with Gasteiger partial charge in [-0.2, -0.15) is 4.73 Å². The third kappa shape index (κ3) is 1.92. The van der Waals surface area contributed by atoms with Crippen LogP contribution in [0.1, 0.15) is 5.69 Å². The van der Waals surface area contributed by atoms with Crippen LogP contribution in [0.4, 0.5) is 0 Å². The summed E-state index contributed by atoms with van der Waals surface area (Å²) in [4.78, 5) is 4.25. The molecule has 0 saturated carbocycles. The summed E-state index contributed by atoms with van der Waals surface area (Å²) in [6.07, 6.45) is 1.36. The highest BCUT2D eigenvalue weighted by atomic mass is 35.5. The number of aromatic nitrogens is 2. The predicted molar refractivity (Wildman–Crippen MR) is 58.4 cm³/mol. The fourth-order valence-electron chi connectivity index (χ4n) is 1.36. The van der Waals surface area contributed by atoms with Crippen molar-refractivity contribution in [3.05, 3.63) is 52.6 Å². The second-order valence-electron chi connectivity index (χ2n) is 3.21. The van der Waals surface area contributed by atoms with Gasteiger partial charge in [-0.15, -0.1) is 0 Å². The normalized spacial score (nSPS) is 10.3. The van der Waals surface area contributed by atoms with Crippen molar-refractivity contribution in [2.24, 2.45) is 0 Å². The molecular formula is C11H9ClN2O. The summed E-state index contributed by atoms with van der Waals surface area (Å²) in [5, 5.41) is 11.5. The SMILES string of the molecule is Cc1c[n+]([O-])c(Cl)c(-c2ccccc2)n1. The number of aryl methyl sites for hydroxylation is 1. The average molecular weight is 221 g/mol. The van der Waals surface area contributed by atoms with Crippen molar-refractivity contribution in [2.75, 3.05) is 0 Å². The van der Waals surface area contributed by atoms with E-state index >= 15 is 0 Å². The Hall–Kier alpha value is -1.61. The Bertz CT molecular complexity index is 485. The van der Waals surface area contributed by atoms with E-state index in [2.05, 4.69) is 4.98 Å². The van der Waals surface area contributed by atoms with Crippen molar-refractivity contribution in [1.29, 1.82) is 0 Å². The predicted octanol–water partition coefficient (Wildman–Crippen LogP) is 2.34. The quantitative estimate of drug-likeness (QED) is 0.547. The fourth-order valence-corrected chi connectivity index (χ4v) is 1.56. The third-order valence-electron chi connectivity index (χ3n) is 2.03. The highest BCUT2D eigenvalue weighted by Gasteiger charge is 2.14. The minimum Gasteiger partial charge on any atom is -0.618 e. The van der Waals surface area contributed by atoms with E-state index in [0.717, 1.165) is 5.56 Å². The van der Waals surface area contributed by atoms with Crippen molar-refractivity contribution in [3.8, 4) is 11.3 Å². The molecule has 0 amide bonds. The first-order valence-corrected chi connectivity index (χ1v) is 4.88. The van der Waals surface area contributed by atoms with E-state index < -0.39 is 0 Å². The lowest BCUT2D eigenvalue weighted by Gasteiger charge is -2.05. The third-order valence-corrected chi connectivity index (χ3v) is 2.37. The van der Waals surface area contributed by atoms with Gasteiger partial charge in [0.05, 0.1) is 0 Å². The maximum absolute atomic E-state index is 11.4. The van der Waals surface area contributed by atoms with Gasteiger partial charge in [0.1, 0.15) is 5.69 Å². The van der Waals surface area contributed by atoms with E-state index in [1.807, 2.05) is 30.3 Å². The van der Waals surface area contributed by atoms with Crippen LogP contribution in [0.5, 0.6) is 0 Å². The fraction of sp³-hybridized carbons (Fsp3) is 0.0909. The van der Waals surface area contributed by atoms with Crippen LogP contribution >= 0.6 is 11.6 Å². The highest BCUT2D eigenvalue weighted by molar-refractivity contribution is 6.30. The summed E-state index contributed by atoms with van der Waals surface area (Å²) in [5.74, 6) is 0. The van der Waals surface area contributed by atoms with Crippen molar-refractivity contribution in [3.63, 3.8) is 0 Å². The summed E-state index contributed by atoms with van der Waals surface area (Å²) in [6, 6.07) is 9.40. The lowest BCUT2D eigenvalue weighted by Crippen LogP contribution is -2.28. The molecule has 1 aromatic carbocycles. The van der Waals surface area contributed by atoms with Gasteiger partial charge in [-0.3, -0.25) is 0 Å².